The van der Waals surface area contributed by atoms with Crippen molar-refractivity contribution in [2.75, 3.05) is 6.54 Å². The van der Waals surface area contributed by atoms with E-state index in [1.165, 1.54) is 25.3 Å². The lowest BCUT2D eigenvalue weighted by molar-refractivity contribution is 0.0566. The smallest absolute Gasteiger partial charge is 0.290 e. The van der Waals surface area contributed by atoms with Crippen LogP contribution in [0, 0.1) is 5.82 Å². The van der Waals surface area contributed by atoms with E-state index in [0.29, 0.717) is 41.6 Å². The van der Waals surface area contributed by atoms with Gasteiger partial charge in [-0.15, -0.1) is 0 Å². The van der Waals surface area contributed by atoms with Crippen molar-refractivity contribution in [3.05, 3.63) is 65.2 Å². The van der Waals surface area contributed by atoms with Crippen LogP contribution in [-0.2, 0) is 13.1 Å². The summed E-state index contributed by atoms with van der Waals surface area (Å²) in [7, 11) is 0. The van der Waals surface area contributed by atoms with Crippen LogP contribution in [0.25, 0.3) is 11.0 Å². The molecule has 0 saturated heterocycles. The summed E-state index contributed by atoms with van der Waals surface area (Å²) in [4.78, 5) is 32.3. The number of benzene rings is 2. The van der Waals surface area contributed by atoms with Crippen LogP contribution in [-0.4, -0.2) is 38.9 Å². The second kappa shape index (κ2) is 8.13. The van der Waals surface area contributed by atoms with Gasteiger partial charge in [0.05, 0.1) is 11.0 Å². The largest absolute Gasteiger partial charge is 0.348 e. The van der Waals surface area contributed by atoms with Gasteiger partial charge in [0.15, 0.2) is 5.82 Å². The van der Waals surface area contributed by atoms with Crippen LogP contribution in [0.5, 0.6) is 0 Å². The molecule has 1 N–H and O–H groups in total. The summed E-state index contributed by atoms with van der Waals surface area (Å²) in [5, 5.41) is 2.75. The van der Waals surface area contributed by atoms with Gasteiger partial charge in [-0.2, -0.15) is 0 Å². The van der Waals surface area contributed by atoms with E-state index in [9.17, 15) is 14.0 Å². The Kier molecular flexibility index (Phi) is 5.18. The molecule has 1 fully saturated rings. The highest BCUT2D eigenvalue weighted by molar-refractivity contribution is 6.00. The number of carbonyl (C=O) groups is 2. The minimum absolute atomic E-state index is 0.0140. The summed E-state index contributed by atoms with van der Waals surface area (Å²) in [5.41, 5.74) is 2.36. The van der Waals surface area contributed by atoms with Crippen molar-refractivity contribution in [1.29, 1.82) is 0 Å². The number of nitrogens with one attached hydrogen (secondary N) is 1. The van der Waals surface area contributed by atoms with Crippen LogP contribution in [0.15, 0.2) is 42.5 Å². The lowest BCUT2D eigenvalue weighted by Crippen LogP contribution is -2.47. The molecule has 0 radical (unpaired) electrons. The van der Waals surface area contributed by atoms with Gasteiger partial charge in [-0.05, 0) is 37.1 Å². The Balaban J connectivity index is 1.36. The van der Waals surface area contributed by atoms with E-state index < -0.39 is 0 Å². The van der Waals surface area contributed by atoms with Crippen LogP contribution < -0.4 is 5.32 Å². The van der Waals surface area contributed by atoms with Crippen LogP contribution in [0.4, 0.5) is 4.39 Å². The zero-order valence-electron chi connectivity index (χ0n) is 17.3. The molecule has 2 amide bonds. The molecule has 6 nitrogen and oxygen atoms in total. The minimum Gasteiger partial charge on any atom is -0.348 e. The van der Waals surface area contributed by atoms with Crippen LogP contribution in [0.1, 0.15) is 58.6 Å². The average molecular weight is 420 g/mol. The molecular formula is C24H25FN4O2. The van der Waals surface area contributed by atoms with Crippen LogP contribution >= 0.6 is 0 Å². The Morgan fingerprint density at radius 3 is 2.71 bits per heavy atom. The van der Waals surface area contributed by atoms with E-state index in [2.05, 4.69) is 10.3 Å². The number of hydrogen-bond acceptors (Lipinski definition) is 3. The predicted molar refractivity (Wildman–Crippen MR) is 115 cm³/mol. The Labute approximate surface area is 180 Å². The fourth-order valence-electron chi connectivity index (χ4n) is 4.76. The van der Waals surface area contributed by atoms with Crippen molar-refractivity contribution < 1.29 is 14.0 Å². The van der Waals surface area contributed by atoms with Crippen molar-refractivity contribution in [2.24, 2.45) is 0 Å². The molecule has 5 rings (SSSR count). The van der Waals surface area contributed by atoms with Crippen molar-refractivity contribution in [3.8, 4) is 0 Å². The summed E-state index contributed by atoms with van der Waals surface area (Å²) in [5.74, 6) is -0.206. The molecule has 160 valence electrons. The highest BCUT2D eigenvalue weighted by Crippen LogP contribution is 2.28. The maximum absolute atomic E-state index is 13.8. The molecule has 2 aliphatic rings. The highest BCUT2D eigenvalue weighted by atomic mass is 19.1. The third-order valence-corrected chi connectivity index (χ3v) is 6.44. The number of imidazole rings is 1. The number of hydrogen-bond donors (Lipinski definition) is 1. The molecule has 1 saturated carbocycles. The van der Waals surface area contributed by atoms with Gasteiger partial charge in [0.25, 0.3) is 11.8 Å². The summed E-state index contributed by atoms with van der Waals surface area (Å²) in [6.45, 7) is 1.53. The predicted octanol–water partition coefficient (Wildman–Crippen LogP) is 3.89. The number of fused-ring (bicyclic) bond motifs is 3. The van der Waals surface area contributed by atoms with Gasteiger partial charge in [-0.25, -0.2) is 9.37 Å². The standard InChI is InChI=1S/C24H25FN4O2/c25-19-9-5-4-6-17(19)15-26-23(30)16-10-11-21-20(14-16)27-22-24(31)28(12-13-29(21)22)18-7-2-1-3-8-18/h4-6,9-11,14,18H,1-3,7-8,12-13,15H2,(H,26,30). The van der Waals surface area contributed by atoms with Gasteiger partial charge in [-0.3, -0.25) is 9.59 Å². The van der Waals surface area contributed by atoms with Gasteiger partial charge in [0, 0.05) is 36.8 Å². The molecule has 2 aromatic carbocycles. The molecule has 0 bridgehead atoms. The molecular weight excluding hydrogens is 395 g/mol. The van der Waals surface area contributed by atoms with Crippen molar-refractivity contribution in [2.45, 2.75) is 51.2 Å². The van der Waals surface area contributed by atoms with Gasteiger partial charge in [0.1, 0.15) is 5.82 Å². The summed E-state index contributed by atoms with van der Waals surface area (Å²) >= 11 is 0. The van der Waals surface area contributed by atoms with E-state index in [4.69, 9.17) is 0 Å². The fourth-order valence-corrected chi connectivity index (χ4v) is 4.76. The molecule has 1 aromatic heterocycles. The normalized spacial score (nSPS) is 17.1. The molecule has 7 heteroatoms. The molecule has 0 spiro atoms. The second-order valence-corrected chi connectivity index (χ2v) is 8.36. The Hall–Kier alpha value is -3.22. The molecule has 2 heterocycles. The van der Waals surface area contributed by atoms with Crippen molar-refractivity contribution in [1.82, 2.24) is 19.8 Å². The Bertz CT molecular complexity index is 1150. The molecule has 3 aromatic rings. The first-order valence-corrected chi connectivity index (χ1v) is 10.9. The lowest BCUT2D eigenvalue weighted by atomic mass is 9.94. The van der Waals surface area contributed by atoms with Crippen molar-refractivity contribution in [3.63, 3.8) is 0 Å². The number of rotatable bonds is 4. The maximum atomic E-state index is 13.8. The van der Waals surface area contributed by atoms with Crippen molar-refractivity contribution >= 4 is 22.8 Å². The maximum Gasteiger partial charge on any atom is 0.290 e. The molecule has 1 aliphatic carbocycles. The number of aromatic nitrogens is 2. The summed E-state index contributed by atoms with van der Waals surface area (Å²) in [6, 6.07) is 12.0. The van der Waals surface area contributed by atoms with Crippen LogP contribution in [0.2, 0.25) is 0 Å². The Morgan fingerprint density at radius 1 is 1.10 bits per heavy atom. The van der Waals surface area contributed by atoms with E-state index in [1.54, 1.807) is 30.3 Å². The third kappa shape index (κ3) is 3.69. The van der Waals surface area contributed by atoms with Gasteiger partial charge >= 0.3 is 0 Å². The SMILES string of the molecule is O=C(NCc1ccccc1F)c1ccc2c(c1)nc1n2CCN(C2CCCCC2)C1=O. The van der Waals surface area contributed by atoms with E-state index in [0.717, 1.165) is 18.4 Å². The topological polar surface area (TPSA) is 67.2 Å². The van der Waals surface area contributed by atoms with E-state index >= 15 is 0 Å². The lowest BCUT2D eigenvalue weighted by Gasteiger charge is -2.36. The first-order valence-electron chi connectivity index (χ1n) is 10.9. The summed E-state index contributed by atoms with van der Waals surface area (Å²) < 4.78 is 15.7. The number of carbonyl (C=O) groups excluding carboxylic acids is 2. The average Bonchev–Trinajstić information content (AvgIpc) is 3.18. The van der Waals surface area contributed by atoms with Crippen LogP contribution in [0.3, 0.4) is 0 Å². The monoisotopic (exact) mass is 420 g/mol. The number of halogens is 1. The van der Waals surface area contributed by atoms with E-state index in [-0.39, 0.29) is 24.2 Å². The first kappa shape index (κ1) is 19.7. The number of amides is 2. The van der Waals surface area contributed by atoms with Gasteiger partial charge in [0.2, 0.25) is 0 Å². The summed E-state index contributed by atoms with van der Waals surface area (Å²) in [6.07, 6.45) is 5.74. The zero-order chi connectivity index (χ0) is 21.4. The fraction of sp³-hybridized carbons (Fsp3) is 0.375. The molecule has 0 unspecified atom stereocenters. The van der Waals surface area contributed by atoms with E-state index in [1.807, 2.05) is 15.5 Å². The quantitative estimate of drug-likeness (QED) is 0.696. The second-order valence-electron chi connectivity index (χ2n) is 8.36. The highest BCUT2D eigenvalue weighted by Gasteiger charge is 2.33. The zero-order valence-corrected chi connectivity index (χ0v) is 17.3. The third-order valence-electron chi connectivity index (χ3n) is 6.44. The molecule has 1 aliphatic heterocycles. The Morgan fingerprint density at radius 2 is 1.90 bits per heavy atom. The minimum atomic E-state index is -0.346. The number of nitrogens with zero attached hydrogens (tertiary/aromatic N) is 3. The first-order chi connectivity index (χ1) is 15.1. The molecule has 0 atom stereocenters. The van der Waals surface area contributed by atoms with Gasteiger partial charge in [-0.1, -0.05) is 37.5 Å². The molecule has 31 heavy (non-hydrogen) atoms. The van der Waals surface area contributed by atoms with Gasteiger partial charge < -0.3 is 14.8 Å².